The number of nitrogens with zero attached hydrogens (tertiary/aromatic N) is 2. The van der Waals surface area contributed by atoms with Gasteiger partial charge in [-0.05, 0) is 51.2 Å². The van der Waals surface area contributed by atoms with E-state index in [9.17, 15) is 13.2 Å². The molecule has 0 bridgehead atoms. The number of rotatable bonds is 11. The van der Waals surface area contributed by atoms with Crippen LogP contribution in [-0.2, 0) is 21.2 Å². The number of unbranched alkanes of at least 4 members (excludes halogenated alkanes) is 3. The van der Waals surface area contributed by atoms with Gasteiger partial charge in [0.05, 0.1) is 9.90 Å². The molecule has 2 heterocycles. The van der Waals surface area contributed by atoms with Crippen molar-refractivity contribution in [3.05, 3.63) is 45.9 Å². The number of carbonyl (C=O) groups excluding carboxylic acids is 1. The third-order valence-electron chi connectivity index (χ3n) is 4.80. The largest absolute Gasteiger partial charge is 0.356 e. The van der Waals surface area contributed by atoms with Crippen molar-refractivity contribution in [2.24, 2.45) is 4.99 Å². The molecule has 1 amide bonds. The number of sulfonamides is 1. The number of benzene rings is 1. The van der Waals surface area contributed by atoms with E-state index in [-0.39, 0.29) is 10.8 Å². The molecule has 2 N–H and O–H groups in total. The van der Waals surface area contributed by atoms with Gasteiger partial charge >= 0.3 is 0 Å². The van der Waals surface area contributed by atoms with Crippen LogP contribution in [0.4, 0.5) is 0 Å². The minimum atomic E-state index is -3.48. The summed E-state index contributed by atoms with van der Waals surface area (Å²) >= 11 is 1.69. The second kappa shape index (κ2) is 10.7. The van der Waals surface area contributed by atoms with Crippen LogP contribution in [0, 0.1) is 6.92 Å². The van der Waals surface area contributed by atoms with Crippen molar-refractivity contribution in [2.75, 3.05) is 13.1 Å². The number of hydrogen-bond donors (Lipinski definition) is 2. The first-order valence-corrected chi connectivity index (χ1v) is 12.7. The summed E-state index contributed by atoms with van der Waals surface area (Å²) in [6.07, 6.45) is 5.96. The van der Waals surface area contributed by atoms with Gasteiger partial charge in [-0.2, -0.15) is 0 Å². The van der Waals surface area contributed by atoms with E-state index < -0.39 is 10.0 Å². The maximum Gasteiger partial charge on any atom is 0.263 e. The Hall–Kier alpha value is -2.26. The van der Waals surface area contributed by atoms with Crippen LogP contribution >= 0.6 is 11.3 Å². The highest BCUT2D eigenvalue weighted by Gasteiger charge is 2.29. The minimum absolute atomic E-state index is 0.0869. The highest BCUT2D eigenvalue weighted by Crippen LogP contribution is 2.22. The number of fused-ring (bicyclic) bond motifs is 1. The van der Waals surface area contributed by atoms with Gasteiger partial charge in [-0.3, -0.25) is 14.5 Å². The fraction of sp³-hybridized carbons (Fsp3) is 0.476. The lowest BCUT2D eigenvalue weighted by molar-refractivity contribution is -0.121. The number of aromatic nitrogens is 1. The first-order chi connectivity index (χ1) is 14.5. The maximum absolute atomic E-state index is 12.0. The average Bonchev–Trinajstić information content (AvgIpc) is 3.25. The highest BCUT2D eigenvalue weighted by atomic mass is 32.2. The van der Waals surface area contributed by atoms with Gasteiger partial charge in [0.1, 0.15) is 5.84 Å². The normalized spacial score (nSPS) is 15.7. The van der Waals surface area contributed by atoms with E-state index in [0.717, 1.165) is 49.2 Å². The van der Waals surface area contributed by atoms with Crippen LogP contribution in [0.15, 0.2) is 39.5 Å². The van der Waals surface area contributed by atoms with Crippen molar-refractivity contribution < 1.29 is 13.2 Å². The molecule has 30 heavy (non-hydrogen) atoms. The smallest absolute Gasteiger partial charge is 0.263 e. The van der Waals surface area contributed by atoms with Crippen molar-refractivity contribution in [3.8, 4) is 0 Å². The summed E-state index contributed by atoms with van der Waals surface area (Å²) in [6, 6.07) is 6.84. The predicted molar refractivity (Wildman–Crippen MR) is 119 cm³/mol. The van der Waals surface area contributed by atoms with Crippen molar-refractivity contribution in [3.63, 3.8) is 0 Å². The zero-order valence-electron chi connectivity index (χ0n) is 17.2. The summed E-state index contributed by atoms with van der Waals surface area (Å²) in [5.74, 6) is 0.500. The van der Waals surface area contributed by atoms with Gasteiger partial charge in [0.15, 0.2) is 0 Å². The molecule has 0 saturated heterocycles. The Morgan fingerprint density at radius 3 is 2.80 bits per heavy atom. The molecule has 0 atom stereocenters. The molecule has 0 unspecified atom stereocenters. The van der Waals surface area contributed by atoms with Gasteiger partial charge in [0.2, 0.25) is 5.91 Å². The molecule has 0 saturated carbocycles. The van der Waals surface area contributed by atoms with E-state index in [4.69, 9.17) is 0 Å². The molecule has 1 aromatic carbocycles. The fourth-order valence-corrected chi connectivity index (χ4v) is 5.32. The van der Waals surface area contributed by atoms with Gasteiger partial charge in [0.25, 0.3) is 10.0 Å². The molecule has 0 spiro atoms. The van der Waals surface area contributed by atoms with Crippen LogP contribution in [0.1, 0.15) is 54.8 Å². The van der Waals surface area contributed by atoms with E-state index >= 15 is 0 Å². The Morgan fingerprint density at radius 2 is 2.00 bits per heavy atom. The van der Waals surface area contributed by atoms with Gasteiger partial charge in [-0.15, -0.1) is 11.3 Å². The van der Waals surface area contributed by atoms with Crippen LogP contribution < -0.4 is 10.0 Å². The highest BCUT2D eigenvalue weighted by molar-refractivity contribution is 7.90. The molecule has 162 valence electrons. The van der Waals surface area contributed by atoms with Crippen LogP contribution in [0.25, 0.3) is 0 Å². The van der Waals surface area contributed by atoms with Gasteiger partial charge in [-0.1, -0.05) is 18.6 Å². The van der Waals surface area contributed by atoms with Crippen LogP contribution in [0.3, 0.4) is 0 Å². The number of amidine groups is 1. The number of aryl methyl sites for hydroxylation is 2. The summed E-state index contributed by atoms with van der Waals surface area (Å²) in [5, 5.41) is 6.20. The summed E-state index contributed by atoms with van der Waals surface area (Å²) < 4.78 is 26.6. The number of amides is 1. The molecule has 0 aliphatic carbocycles. The second-order valence-corrected chi connectivity index (χ2v) is 9.93. The Bertz CT molecular complexity index is 999. The molecule has 9 heteroatoms. The molecule has 7 nitrogen and oxygen atoms in total. The van der Waals surface area contributed by atoms with Crippen LogP contribution in [-0.4, -0.2) is 38.2 Å². The number of carbonyl (C=O) groups is 1. The van der Waals surface area contributed by atoms with E-state index in [1.54, 1.807) is 35.6 Å². The molecule has 0 fully saturated rings. The quantitative estimate of drug-likeness (QED) is 0.516. The SMILES string of the molecule is Cc1csc(CCCCNC(=O)CCCCCN=C2NS(=O)(=O)c3ccccc32)n1. The van der Waals surface area contributed by atoms with Gasteiger partial charge < -0.3 is 5.32 Å². The molecule has 1 aliphatic heterocycles. The standard InChI is InChI=1S/C21H28N4O3S2/c1-16-15-29-20(24-16)12-6-8-13-22-19(26)11-3-2-7-14-23-21-17-9-4-5-10-18(17)30(27,28)25-21/h4-5,9-10,15H,2-3,6-8,11-14H2,1H3,(H,22,26)(H,23,25). The lowest BCUT2D eigenvalue weighted by Crippen LogP contribution is -2.24. The van der Waals surface area contributed by atoms with Gasteiger partial charge in [0, 0.05) is 36.1 Å². The third kappa shape index (κ3) is 6.37. The van der Waals surface area contributed by atoms with Crippen LogP contribution in [0.5, 0.6) is 0 Å². The van der Waals surface area contributed by atoms with E-state index in [1.807, 2.05) is 6.92 Å². The van der Waals surface area contributed by atoms with E-state index in [0.29, 0.717) is 30.9 Å². The molecule has 2 aromatic rings. The van der Waals surface area contributed by atoms with Crippen molar-refractivity contribution in [1.29, 1.82) is 0 Å². The predicted octanol–water partition coefficient (Wildman–Crippen LogP) is 3.19. The lowest BCUT2D eigenvalue weighted by Gasteiger charge is -2.05. The number of thiazole rings is 1. The van der Waals surface area contributed by atoms with Gasteiger partial charge in [-0.25, -0.2) is 13.4 Å². The number of nitrogens with one attached hydrogen (secondary N) is 2. The first kappa shape index (κ1) is 22.4. The van der Waals surface area contributed by atoms with E-state index in [2.05, 4.69) is 25.4 Å². The summed E-state index contributed by atoms with van der Waals surface area (Å²) in [5.41, 5.74) is 1.70. The summed E-state index contributed by atoms with van der Waals surface area (Å²) in [4.78, 5) is 21.0. The molecular weight excluding hydrogens is 420 g/mol. The van der Waals surface area contributed by atoms with Crippen LogP contribution in [0.2, 0.25) is 0 Å². The summed E-state index contributed by atoms with van der Waals surface area (Å²) in [6.45, 7) is 3.24. The Morgan fingerprint density at radius 1 is 1.17 bits per heavy atom. The Balaban J connectivity index is 1.25. The third-order valence-corrected chi connectivity index (χ3v) is 7.22. The zero-order chi connectivity index (χ0) is 21.4. The number of hydrogen-bond acceptors (Lipinski definition) is 6. The fourth-order valence-electron chi connectivity index (χ4n) is 3.25. The van der Waals surface area contributed by atoms with E-state index in [1.165, 1.54) is 0 Å². The van der Waals surface area contributed by atoms with Crippen molar-refractivity contribution >= 4 is 33.1 Å². The minimum Gasteiger partial charge on any atom is -0.356 e. The molecular formula is C21H28N4O3S2. The Labute approximate surface area is 182 Å². The topological polar surface area (TPSA) is 101 Å². The van der Waals surface area contributed by atoms with Crippen molar-refractivity contribution in [2.45, 2.75) is 56.8 Å². The monoisotopic (exact) mass is 448 g/mol. The Kier molecular flexibility index (Phi) is 7.98. The average molecular weight is 449 g/mol. The lowest BCUT2D eigenvalue weighted by atomic mass is 10.1. The first-order valence-electron chi connectivity index (χ1n) is 10.3. The van der Waals surface area contributed by atoms with Crippen molar-refractivity contribution in [1.82, 2.24) is 15.0 Å². The molecule has 3 rings (SSSR count). The molecule has 0 radical (unpaired) electrons. The zero-order valence-corrected chi connectivity index (χ0v) is 18.8. The summed E-state index contributed by atoms with van der Waals surface area (Å²) in [7, 11) is -3.48. The second-order valence-electron chi connectivity index (χ2n) is 7.33. The number of aliphatic imine (C=N–C) groups is 1. The maximum atomic E-state index is 12.0. The molecule has 1 aliphatic rings. The molecule has 1 aromatic heterocycles.